The molecule has 4 heteroatoms. The summed E-state index contributed by atoms with van der Waals surface area (Å²) in [6, 6.07) is 9.03. The first-order valence-electron chi connectivity index (χ1n) is 5.28. The average molecular weight is 223 g/mol. The first kappa shape index (κ1) is 12.5. The van der Waals surface area contributed by atoms with E-state index in [2.05, 4.69) is 0 Å². The second-order valence-corrected chi connectivity index (χ2v) is 3.25. The van der Waals surface area contributed by atoms with Crippen molar-refractivity contribution in [2.24, 2.45) is 0 Å². The highest BCUT2D eigenvalue weighted by molar-refractivity contribution is 5.70. The monoisotopic (exact) mass is 223 g/mol. The summed E-state index contributed by atoms with van der Waals surface area (Å²) in [4.78, 5) is 13.3. The molecule has 0 saturated heterocycles. The SMILES string of the molecule is CCN(CCOC)C(=O)Oc1ccccc1. The van der Waals surface area contributed by atoms with Crippen molar-refractivity contribution in [3.05, 3.63) is 30.3 Å². The molecular weight excluding hydrogens is 206 g/mol. The summed E-state index contributed by atoms with van der Waals surface area (Å²) in [5.74, 6) is 0.559. The van der Waals surface area contributed by atoms with Crippen LogP contribution >= 0.6 is 0 Å². The van der Waals surface area contributed by atoms with Gasteiger partial charge < -0.3 is 14.4 Å². The summed E-state index contributed by atoms with van der Waals surface area (Å²) >= 11 is 0. The van der Waals surface area contributed by atoms with E-state index in [1.54, 1.807) is 24.1 Å². The smallest absolute Gasteiger partial charge is 0.410 e. The van der Waals surface area contributed by atoms with E-state index in [-0.39, 0.29) is 6.09 Å². The van der Waals surface area contributed by atoms with Gasteiger partial charge in [0.1, 0.15) is 5.75 Å². The van der Waals surface area contributed by atoms with Gasteiger partial charge in [-0.15, -0.1) is 0 Å². The van der Waals surface area contributed by atoms with E-state index in [1.165, 1.54) is 0 Å². The molecule has 0 unspecified atom stereocenters. The van der Waals surface area contributed by atoms with E-state index in [0.717, 1.165) is 0 Å². The number of para-hydroxylation sites is 1. The highest BCUT2D eigenvalue weighted by Crippen LogP contribution is 2.09. The minimum Gasteiger partial charge on any atom is -0.410 e. The standard InChI is InChI=1S/C12H17NO3/c1-3-13(9-10-15-2)12(14)16-11-7-5-4-6-8-11/h4-8H,3,9-10H2,1-2H3. The number of nitrogens with zero attached hydrogens (tertiary/aromatic N) is 1. The van der Waals surface area contributed by atoms with Crippen LogP contribution in [0.5, 0.6) is 5.75 Å². The highest BCUT2D eigenvalue weighted by atomic mass is 16.6. The van der Waals surface area contributed by atoms with Gasteiger partial charge in [0.15, 0.2) is 0 Å². The van der Waals surface area contributed by atoms with Crippen LogP contribution in [0.4, 0.5) is 4.79 Å². The Morgan fingerprint density at radius 2 is 2.00 bits per heavy atom. The molecule has 0 aromatic heterocycles. The van der Waals surface area contributed by atoms with Crippen molar-refractivity contribution in [2.45, 2.75) is 6.92 Å². The van der Waals surface area contributed by atoms with E-state index in [0.29, 0.717) is 25.4 Å². The Hall–Kier alpha value is -1.55. The number of hydrogen-bond donors (Lipinski definition) is 0. The molecule has 0 aliphatic carbocycles. The normalized spacial score (nSPS) is 9.88. The van der Waals surface area contributed by atoms with Crippen LogP contribution in [-0.2, 0) is 4.74 Å². The van der Waals surface area contributed by atoms with E-state index in [1.807, 2.05) is 25.1 Å². The van der Waals surface area contributed by atoms with Crippen LogP contribution in [-0.4, -0.2) is 37.8 Å². The minimum atomic E-state index is -0.342. The predicted molar refractivity (Wildman–Crippen MR) is 61.6 cm³/mol. The molecule has 0 radical (unpaired) electrons. The summed E-state index contributed by atoms with van der Waals surface area (Å²) in [5, 5.41) is 0. The lowest BCUT2D eigenvalue weighted by molar-refractivity contribution is 0.126. The Kier molecular flexibility index (Phi) is 5.36. The lowest BCUT2D eigenvalue weighted by atomic mass is 10.3. The third-order valence-corrected chi connectivity index (χ3v) is 2.15. The van der Waals surface area contributed by atoms with Gasteiger partial charge in [0.25, 0.3) is 0 Å². The number of hydrogen-bond acceptors (Lipinski definition) is 3. The topological polar surface area (TPSA) is 38.8 Å². The van der Waals surface area contributed by atoms with E-state index >= 15 is 0 Å². The van der Waals surface area contributed by atoms with Gasteiger partial charge in [-0.1, -0.05) is 18.2 Å². The summed E-state index contributed by atoms with van der Waals surface area (Å²) < 4.78 is 10.1. The van der Waals surface area contributed by atoms with Crippen LogP contribution in [0.1, 0.15) is 6.92 Å². The molecule has 1 aromatic rings. The lowest BCUT2D eigenvalue weighted by Crippen LogP contribution is -2.35. The zero-order valence-electron chi connectivity index (χ0n) is 9.68. The van der Waals surface area contributed by atoms with E-state index in [9.17, 15) is 4.79 Å². The number of carbonyl (C=O) groups excluding carboxylic acids is 1. The second-order valence-electron chi connectivity index (χ2n) is 3.25. The van der Waals surface area contributed by atoms with Gasteiger partial charge in [-0.3, -0.25) is 0 Å². The zero-order chi connectivity index (χ0) is 11.8. The number of likely N-dealkylation sites (N-methyl/N-ethyl adjacent to an activating group) is 1. The summed E-state index contributed by atoms with van der Waals surface area (Å²) in [7, 11) is 1.61. The Bertz CT molecular complexity index is 313. The Balaban J connectivity index is 2.49. The van der Waals surface area contributed by atoms with Gasteiger partial charge in [-0.2, -0.15) is 0 Å². The Labute approximate surface area is 95.8 Å². The first-order chi connectivity index (χ1) is 7.77. The molecule has 16 heavy (non-hydrogen) atoms. The number of rotatable bonds is 5. The molecule has 0 atom stereocenters. The second kappa shape index (κ2) is 6.85. The molecule has 1 amide bonds. The highest BCUT2D eigenvalue weighted by Gasteiger charge is 2.12. The minimum absolute atomic E-state index is 0.342. The largest absolute Gasteiger partial charge is 0.415 e. The number of ether oxygens (including phenoxy) is 2. The van der Waals surface area contributed by atoms with E-state index < -0.39 is 0 Å². The Morgan fingerprint density at radius 3 is 2.56 bits per heavy atom. The third kappa shape index (κ3) is 3.90. The molecular formula is C12H17NO3. The van der Waals surface area contributed by atoms with Crippen LogP contribution in [0.2, 0.25) is 0 Å². The maximum absolute atomic E-state index is 11.7. The van der Waals surface area contributed by atoms with Crippen molar-refractivity contribution in [3.63, 3.8) is 0 Å². The molecule has 0 heterocycles. The maximum atomic E-state index is 11.7. The van der Waals surface area contributed by atoms with Crippen molar-refractivity contribution in [1.29, 1.82) is 0 Å². The summed E-state index contributed by atoms with van der Waals surface area (Å²) in [5.41, 5.74) is 0. The van der Waals surface area contributed by atoms with Crippen molar-refractivity contribution in [1.82, 2.24) is 4.90 Å². The fraction of sp³-hybridized carbons (Fsp3) is 0.417. The van der Waals surface area contributed by atoms with Gasteiger partial charge in [-0.05, 0) is 19.1 Å². The number of carbonyl (C=O) groups is 1. The molecule has 1 rings (SSSR count). The van der Waals surface area contributed by atoms with Crippen molar-refractivity contribution >= 4 is 6.09 Å². The lowest BCUT2D eigenvalue weighted by Gasteiger charge is -2.19. The molecule has 4 nitrogen and oxygen atoms in total. The van der Waals surface area contributed by atoms with Gasteiger partial charge in [0.05, 0.1) is 6.61 Å². The van der Waals surface area contributed by atoms with Gasteiger partial charge in [0, 0.05) is 20.2 Å². The summed E-state index contributed by atoms with van der Waals surface area (Å²) in [6.07, 6.45) is -0.342. The molecule has 0 fully saturated rings. The number of benzene rings is 1. The molecule has 0 aliphatic heterocycles. The van der Waals surface area contributed by atoms with Crippen molar-refractivity contribution < 1.29 is 14.3 Å². The van der Waals surface area contributed by atoms with Crippen molar-refractivity contribution in [2.75, 3.05) is 26.8 Å². The van der Waals surface area contributed by atoms with Crippen LogP contribution in [0.25, 0.3) is 0 Å². The molecule has 88 valence electrons. The van der Waals surface area contributed by atoms with Gasteiger partial charge in [-0.25, -0.2) is 4.79 Å². The van der Waals surface area contributed by atoms with Gasteiger partial charge in [0.2, 0.25) is 0 Å². The number of methoxy groups -OCH3 is 1. The predicted octanol–water partition coefficient (Wildman–Crippen LogP) is 2.15. The van der Waals surface area contributed by atoms with E-state index in [4.69, 9.17) is 9.47 Å². The van der Waals surface area contributed by atoms with Crippen LogP contribution in [0.15, 0.2) is 30.3 Å². The van der Waals surface area contributed by atoms with Crippen LogP contribution in [0.3, 0.4) is 0 Å². The molecule has 0 aliphatic rings. The molecule has 0 bridgehead atoms. The first-order valence-corrected chi connectivity index (χ1v) is 5.28. The van der Waals surface area contributed by atoms with Crippen molar-refractivity contribution in [3.8, 4) is 5.75 Å². The number of amides is 1. The van der Waals surface area contributed by atoms with Gasteiger partial charge >= 0.3 is 6.09 Å². The average Bonchev–Trinajstić information content (AvgIpc) is 2.31. The molecule has 0 spiro atoms. The fourth-order valence-corrected chi connectivity index (χ4v) is 1.23. The molecule has 1 aromatic carbocycles. The van der Waals surface area contributed by atoms with Crippen LogP contribution in [0, 0.1) is 0 Å². The molecule has 0 saturated carbocycles. The van der Waals surface area contributed by atoms with Crippen LogP contribution < -0.4 is 4.74 Å². The third-order valence-electron chi connectivity index (χ3n) is 2.15. The fourth-order valence-electron chi connectivity index (χ4n) is 1.23. The zero-order valence-corrected chi connectivity index (χ0v) is 9.68. The Morgan fingerprint density at radius 1 is 1.31 bits per heavy atom. The maximum Gasteiger partial charge on any atom is 0.415 e. The summed E-state index contributed by atoms with van der Waals surface area (Å²) in [6.45, 7) is 3.56. The quantitative estimate of drug-likeness (QED) is 0.767. The molecule has 0 N–H and O–H groups in total.